The Kier molecular flexibility index (Phi) is 4.76. The van der Waals surface area contributed by atoms with Crippen molar-refractivity contribution in [2.24, 2.45) is 5.92 Å². The van der Waals surface area contributed by atoms with E-state index in [1.807, 2.05) is 12.1 Å². The third-order valence-electron chi connectivity index (χ3n) is 4.63. The van der Waals surface area contributed by atoms with Gasteiger partial charge in [-0.15, -0.1) is 0 Å². The number of nitrogens with two attached hydrogens (primary N) is 1. The number of carbonyl (C=O) groups excluding carboxylic acids is 1. The van der Waals surface area contributed by atoms with Crippen LogP contribution in [0.25, 0.3) is 0 Å². The topological polar surface area (TPSA) is 49.6 Å². The lowest BCUT2D eigenvalue weighted by molar-refractivity contribution is 0.0827. The number of nitrogens with zero attached hydrogens (tertiary/aromatic N) is 2. The van der Waals surface area contributed by atoms with Crippen LogP contribution in [0.5, 0.6) is 0 Å². The highest BCUT2D eigenvalue weighted by Crippen LogP contribution is 2.33. The van der Waals surface area contributed by atoms with Gasteiger partial charge >= 0.3 is 0 Å². The molecular formula is C17H27N3O. The number of carbonyl (C=O) groups is 1. The summed E-state index contributed by atoms with van der Waals surface area (Å²) in [5, 5.41) is 0. The maximum absolute atomic E-state index is 12.1. The molecule has 116 valence electrons. The molecular weight excluding hydrogens is 262 g/mol. The summed E-state index contributed by atoms with van der Waals surface area (Å²) in [6.45, 7) is 2.31. The molecule has 0 radical (unpaired) electrons. The number of nitrogen functional groups attached to an aromatic ring is 1. The van der Waals surface area contributed by atoms with Gasteiger partial charge < -0.3 is 15.5 Å². The molecule has 2 unspecified atom stereocenters. The van der Waals surface area contributed by atoms with Crippen molar-refractivity contribution in [3.63, 3.8) is 0 Å². The maximum atomic E-state index is 12.1. The molecule has 4 nitrogen and oxygen atoms in total. The lowest BCUT2D eigenvalue weighted by Gasteiger charge is -2.38. The standard InChI is InChI=1S/C17H27N3O/c1-12-7-5-6-8-15(12)20(4)16-11-13(9-10-14(16)18)17(21)19(2)3/h9-12,15H,5-8,18H2,1-4H3. The molecule has 0 saturated heterocycles. The van der Waals surface area contributed by atoms with Crippen LogP contribution >= 0.6 is 0 Å². The maximum Gasteiger partial charge on any atom is 0.253 e. The van der Waals surface area contributed by atoms with E-state index in [1.165, 1.54) is 25.7 Å². The molecule has 2 rings (SSSR count). The zero-order valence-electron chi connectivity index (χ0n) is 13.6. The van der Waals surface area contributed by atoms with Gasteiger partial charge in [-0.3, -0.25) is 4.79 Å². The van der Waals surface area contributed by atoms with Gasteiger partial charge in [-0.1, -0.05) is 19.8 Å². The molecule has 0 spiro atoms. The summed E-state index contributed by atoms with van der Waals surface area (Å²) in [5.41, 5.74) is 8.56. The second-order valence-electron chi connectivity index (χ2n) is 6.41. The second-order valence-corrected chi connectivity index (χ2v) is 6.41. The van der Waals surface area contributed by atoms with Crippen LogP contribution < -0.4 is 10.6 Å². The lowest BCUT2D eigenvalue weighted by atomic mass is 9.85. The van der Waals surface area contributed by atoms with Crippen LogP contribution in [-0.4, -0.2) is 38.0 Å². The molecule has 21 heavy (non-hydrogen) atoms. The summed E-state index contributed by atoms with van der Waals surface area (Å²) in [6.07, 6.45) is 5.06. The Hall–Kier alpha value is -1.71. The first-order chi connectivity index (χ1) is 9.91. The fourth-order valence-electron chi connectivity index (χ4n) is 3.29. The van der Waals surface area contributed by atoms with Crippen LogP contribution in [0.4, 0.5) is 11.4 Å². The summed E-state index contributed by atoms with van der Waals surface area (Å²) >= 11 is 0. The number of hydrogen-bond acceptors (Lipinski definition) is 3. The Bertz CT molecular complexity index is 513. The van der Waals surface area contributed by atoms with E-state index in [2.05, 4.69) is 18.9 Å². The fraction of sp³-hybridized carbons (Fsp3) is 0.588. The zero-order chi connectivity index (χ0) is 15.6. The highest BCUT2D eigenvalue weighted by molar-refractivity contribution is 5.96. The van der Waals surface area contributed by atoms with E-state index in [0.29, 0.717) is 17.5 Å². The summed E-state index contributed by atoms with van der Waals surface area (Å²) in [6, 6.07) is 6.08. The predicted octanol–water partition coefficient (Wildman–Crippen LogP) is 2.99. The highest BCUT2D eigenvalue weighted by atomic mass is 16.2. The third kappa shape index (κ3) is 3.31. The predicted molar refractivity (Wildman–Crippen MR) is 88.7 cm³/mol. The summed E-state index contributed by atoms with van der Waals surface area (Å²) in [4.78, 5) is 16.0. The van der Waals surface area contributed by atoms with Gasteiger partial charge in [-0.05, 0) is 37.0 Å². The van der Waals surface area contributed by atoms with Gasteiger partial charge in [-0.2, -0.15) is 0 Å². The molecule has 1 saturated carbocycles. The van der Waals surface area contributed by atoms with E-state index in [9.17, 15) is 4.79 Å². The van der Waals surface area contributed by atoms with E-state index < -0.39 is 0 Å². The molecule has 2 N–H and O–H groups in total. The number of benzene rings is 1. The van der Waals surface area contributed by atoms with Crippen molar-refractivity contribution < 1.29 is 4.79 Å². The normalized spacial score (nSPS) is 21.9. The summed E-state index contributed by atoms with van der Waals surface area (Å²) in [7, 11) is 5.64. The third-order valence-corrected chi connectivity index (χ3v) is 4.63. The SMILES string of the molecule is CC1CCCCC1N(C)c1cc(C(=O)N(C)C)ccc1N. The van der Waals surface area contributed by atoms with E-state index >= 15 is 0 Å². The molecule has 1 aliphatic rings. The Labute approximate surface area is 127 Å². The molecule has 1 aromatic carbocycles. The van der Waals surface area contributed by atoms with Gasteiger partial charge in [0.1, 0.15) is 0 Å². The first-order valence-electron chi connectivity index (χ1n) is 7.76. The minimum atomic E-state index is 0.0151. The van der Waals surface area contributed by atoms with Crippen LogP contribution in [-0.2, 0) is 0 Å². The van der Waals surface area contributed by atoms with E-state index in [-0.39, 0.29) is 5.91 Å². The van der Waals surface area contributed by atoms with Crippen LogP contribution in [0.15, 0.2) is 18.2 Å². The smallest absolute Gasteiger partial charge is 0.253 e. The molecule has 1 fully saturated rings. The zero-order valence-corrected chi connectivity index (χ0v) is 13.6. The van der Waals surface area contributed by atoms with Gasteiger partial charge in [0.15, 0.2) is 0 Å². The first-order valence-corrected chi connectivity index (χ1v) is 7.76. The van der Waals surface area contributed by atoms with Crippen LogP contribution in [0.1, 0.15) is 43.0 Å². The number of anilines is 2. The molecule has 1 aromatic rings. The van der Waals surface area contributed by atoms with Crippen molar-refractivity contribution in [2.45, 2.75) is 38.6 Å². The van der Waals surface area contributed by atoms with Gasteiger partial charge in [0, 0.05) is 32.7 Å². The lowest BCUT2D eigenvalue weighted by Crippen LogP contribution is -2.39. The monoisotopic (exact) mass is 289 g/mol. The van der Waals surface area contributed by atoms with Gasteiger partial charge in [-0.25, -0.2) is 0 Å². The highest BCUT2D eigenvalue weighted by Gasteiger charge is 2.26. The van der Waals surface area contributed by atoms with E-state index in [1.54, 1.807) is 25.1 Å². The van der Waals surface area contributed by atoms with Gasteiger partial charge in [0.25, 0.3) is 5.91 Å². The Morgan fingerprint density at radius 2 is 1.86 bits per heavy atom. The van der Waals surface area contributed by atoms with Crippen molar-refractivity contribution in [1.29, 1.82) is 0 Å². The average Bonchev–Trinajstić information content (AvgIpc) is 2.46. The first kappa shape index (κ1) is 15.7. The van der Waals surface area contributed by atoms with Crippen molar-refractivity contribution in [2.75, 3.05) is 31.8 Å². The molecule has 0 bridgehead atoms. The molecule has 2 atom stereocenters. The molecule has 4 heteroatoms. The summed E-state index contributed by atoms with van der Waals surface area (Å²) in [5.74, 6) is 0.678. The van der Waals surface area contributed by atoms with E-state index in [4.69, 9.17) is 5.73 Å². The Morgan fingerprint density at radius 1 is 1.19 bits per heavy atom. The van der Waals surface area contributed by atoms with Gasteiger partial charge in [0.2, 0.25) is 0 Å². The van der Waals surface area contributed by atoms with E-state index in [0.717, 1.165) is 11.4 Å². The van der Waals surface area contributed by atoms with Crippen molar-refractivity contribution in [3.05, 3.63) is 23.8 Å². The van der Waals surface area contributed by atoms with Crippen LogP contribution in [0.2, 0.25) is 0 Å². The average molecular weight is 289 g/mol. The number of amides is 1. The second kappa shape index (κ2) is 6.37. The number of hydrogen-bond donors (Lipinski definition) is 1. The summed E-state index contributed by atoms with van der Waals surface area (Å²) < 4.78 is 0. The molecule has 1 aliphatic carbocycles. The van der Waals surface area contributed by atoms with Crippen molar-refractivity contribution in [3.8, 4) is 0 Å². The van der Waals surface area contributed by atoms with Gasteiger partial charge in [0.05, 0.1) is 11.4 Å². The molecule has 0 aromatic heterocycles. The van der Waals surface area contributed by atoms with Crippen LogP contribution in [0, 0.1) is 5.92 Å². The Balaban J connectivity index is 2.29. The van der Waals surface area contributed by atoms with Crippen molar-refractivity contribution in [1.82, 2.24) is 4.90 Å². The fourth-order valence-corrected chi connectivity index (χ4v) is 3.29. The van der Waals surface area contributed by atoms with Crippen molar-refractivity contribution >= 4 is 17.3 Å². The quantitative estimate of drug-likeness (QED) is 0.870. The Morgan fingerprint density at radius 3 is 2.48 bits per heavy atom. The largest absolute Gasteiger partial charge is 0.397 e. The number of rotatable bonds is 3. The minimum absolute atomic E-state index is 0.0151. The minimum Gasteiger partial charge on any atom is -0.397 e. The molecule has 1 amide bonds. The molecule has 0 heterocycles. The van der Waals surface area contributed by atoms with Crippen LogP contribution in [0.3, 0.4) is 0 Å². The molecule has 0 aliphatic heterocycles.